The number of amides is 1. The highest BCUT2D eigenvalue weighted by molar-refractivity contribution is 7.89. The lowest BCUT2D eigenvalue weighted by Gasteiger charge is -2.35. The topological polar surface area (TPSA) is 92.5 Å². The van der Waals surface area contributed by atoms with E-state index in [1.54, 1.807) is 12.1 Å². The van der Waals surface area contributed by atoms with Crippen molar-refractivity contribution in [1.29, 1.82) is 0 Å². The lowest BCUT2D eigenvalue weighted by atomic mass is 10.0. The maximum Gasteiger partial charge on any atom is 0.243 e. The van der Waals surface area contributed by atoms with Gasteiger partial charge in [-0.15, -0.1) is 0 Å². The van der Waals surface area contributed by atoms with Gasteiger partial charge in [0, 0.05) is 31.2 Å². The molecular weight excluding hydrogens is 290 g/mol. The number of carbonyl (C=O) groups excluding carboxylic acids is 1. The van der Waals surface area contributed by atoms with Crippen molar-refractivity contribution in [3.8, 4) is 0 Å². The first-order valence-electron chi connectivity index (χ1n) is 6.96. The zero-order valence-corrected chi connectivity index (χ0v) is 13.1. The Morgan fingerprint density at radius 3 is 2.48 bits per heavy atom. The summed E-state index contributed by atoms with van der Waals surface area (Å²) in [5, 5.41) is 2.61. The minimum atomic E-state index is -3.51. The first-order valence-corrected chi connectivity index (χ1v) is 8.40. The summed E-state index contributed by atoms with van der Waals surface area (Å²) in [6, 6.07) is 6.18. The van der Waals surface area contributed by atoms with Crippen LogP contribution in [0.3, 0.4) is 0 Å². The van der Waals surface area contributed by atoms with Crippen LogP contribution in [0.15, 0.2) is 29.2 Å². The summed E-state index contributed by atoms with van der Waals surface area (Å²) in [5.41, 5.74) is 6.45. The largest absolute Gasteiger partial charge is 0.328 e. The molecule has 1 heterocycles. The average Bonchev–Trinajstić information content (AvgIpc) is 2.38. The van der Waals surface area contributed by atoms with E-state index in [1.807, 2.05) is 6.92 Å². The molecule has 0 bridgehead atoms. The fraction of sp³-hybridized carbons (Fsp3) is 0.500. The van der Waals surface area contributed by atoms with Crippen LogP contribution in [0.4, 0.5) is 5.69 Å². The van der Waals surface area contributed by atoms with Crippen LogP contribution in [0.25, 0.3) is 0 Å². The molecule has 3 N–H and O–H groups in total. The minimum absolute atomic E-state index is 0.0635. The Morgan fingerprint density at radius 2 is 1.95 bits per heavy atom. The molecule has 0 radical (unpaired) electrons. The molecule has 21 heavy (non-hydrogen) atoms. The summed E-state index contributed by atoms with van der Waals surface area (Å²) in [4.78, 5) is 11.2. The molecule has 1 aromatic rings. The van der Waals surface area contributed by atoms with Crippen molar-refractivity contribution in [2.24, 2.45) is 5.73 Å². The molecule has 2 rings (SSSR count). The van der Waals surface area contributed by atoms with E-state index in [2.05, 4.69) is 5.32 Å². The Hall–Kier alpha value is -1.44. The highest BCUT2D eigenvalue weighted by Crippen LogP contribution is 2.25. The molecule has 1 aliphatic rings. The molecule has 0 saturated carbocycles. The molecule has 1 amide bonds. The highest BCUT2D eigenvalue weighted by Gasteiger charge is 2.33. The maximum absolute atomic E-state index is 12.6. The van der Waals surface area contributed by atoms with Gasteiger partial charge in [-0.2, -0.15) is 4.31 Å². The van der Waals surface area contributed by atoms with Crippen LogP contribution in [0.2, 0.25) is 0 Å². The summed E-state index contributed by atoms with van der Waals surface area (Å²) >= 11 is 0. The number of sulfonamides is 1. The van der Waals surface area contributed by atoms with Gasteiger partial charge in [0.1, 0.15) is 0 Å². The number of piperidine rings is 1. The number of nitrogens with zero attached hydrogens (tertiary/aromatic N) is 1. The molecule has 7 heteroatoms. The first-order chi connectivity index (χ1) is 9.80. The summed E-state index contributed by atoms with van der Waals surface area (Å²) in [5.74, 6) is -0.191. The monoisotopic (exact) mass is 311 g/mol. The van der Waals surface area contributed by atoms with Crippen LogP contribution in [0.1, 0.15) is 26.7 Å². The van der Waals surface area contributed by atoms with E-state index in [9.17, 15) is 13.2 Å². The van der Waals surface area contributed by atoms with Crippen LogP contribution in [-0.4, -0.2) is 37.3 Å². The number of benzene rings is 1. The molecule has 1 saturated heterocycles. The molecule has 0 aromatic heterocycles. The fourth-order valence-electron chi connectivity index (χ4n) is 2.59. The molecule has 6 nitrogen and oxygen atoms in total. The Morgan fingerprint density at radius 1 is 1.33 bits per heavy atom. The number of hydrogen-bond acceptors (Lipinski definition) is 4. The van der Waals surface area contributed by atoms with Crippen molar-refractivity contribution in [2.75, 3.05) is 11.9 Å². The molecular formula is C14H21N3O3S. The Bertz CT molecular complexity index is 613. The third kappa shape index (κ3) is 3.61. The number of carbonyl (C=O) groups is 1. The molecule has 1 fully saturated rings. The Labute approximate surface area is 125 Å². The standard InChI is InChI=1S/C14H21N3O3S/c1-10-9-12(15)7-8-17(10)21(19,20)14-5-3-13(4-6-14)16-11(2)18/h3-6,10,12H,7-9,15H2,1-2H3,(H,16,18)/t10-,12-/m0/s1. The summed E-state index contributed by atoms with van der Waals surface area (Å²) in [6.07, 6.45) is 1.34. The third-order valence-corrected chi connectivity index (χ3v) is 5.66. The predicted molar refractivity (Wildman–Crippen MR) is 81.3 cm³/mol. The highest BCUT2D eigenvalue weighted by atomic mass is 32.2. The second-order valence-corrected chi connectivity index (χ2v) is 7.35. The summed E-state index contributed by atoms with van der Waals surface area (Å²) < 4.78 is 26.8. The summed E-state index contributed by atoms with van der Waals surface area (Å²) in [7, 11) is -3.51. The van der Waals surface area contributed by atoms with E-state index >= 15 is 0 Å². The molecule has 1 aliphatic heterocycles. The lowest BCUT2D eigenvalue weighted by Crippen LogP contribution is -2.48. The van der Waals surface area contributed by atoms with Gasteiger partial charge in [-0.1, -0.05) is 0 Å². The van der Waals surface area contributed by atoms with Crippen LogP contribution < -0.4 is 11.1 Å². The van der Waals surface area contributed by atoms with Gasteiger partial charge in [0.2, 0.25) is 15.9 Å². The number of anilines is 1. The maximum atomic E-state index is 12.6. The van der Waals surface area contributed by atoms with Gasteiger partial charge in [-0.3, -0.25) is 4.79 Å². The van der Waals surface area contributed by atoms with Crippen molar-refractivity contribution in [3.63, 3.8) is 0 Å². The van der Waals surface area contributed by atoms with Crippen molar-refractivity contribution >= 4 is 21.6 Å². The van der Waals surface area contributed by atoms with Crippen molar-refractivity contribution in [3.05, 3.63) is 24.3 Å². The van der Waals surface area contributed by atoms with Crippen LogP contribution in [0, 0.1) is 0 Å². The molecule has 0 spiro atoms. The van der Waals surface area contributed by atoms with E-state index in [0.717, 1.165) is 0 Å². The van der Waals surface area contributed by atoms with Gasteiger partial charge >= 0.3 is 0 Å². The zero-order valence-electron chi connectivity index (χ0n) is 12.2. The van der Waals surface area contributed by atoms with E-state index in [4.69, 9.17) is 5.73 Å². The summed E-state index contributed by atoms with van der Waals surface area (Å²) in [6.45, 7) is 3.73. The Kier molecular flexibility index (Phi) is 4.65. The van der Waals surface area contributed by atoms with Gasteiger partial charge in [0.15, 0.2) is 0 Å². The van der Waals surface area contributed by atoms with Gasteiger partial charge in [0.25, 0.3) is 0 Å². The third-order valence-electron chi connectivity index (χ3n) is 3.64. The number of rotatable bonds is 3. The van der Waals surface area contributed by atoms with E-state index in [-0.39, 0.29) is 22.9 Å². The van der Waals surface area contributed by atoms with Crippen molar-refractivity contribution in [2.45, 2.75) is 43.7 Å². The van der Waals surface area contributed by atoms with Crippen LogP contribution >= 0.6 is 0 Å². The normalized spacial score (nSPS) is 23.8. The second kappa shape index (κ2) is 6.13. The van der Waals surface area contributed by atoms with Crippen LogP contribution in [-0.2, 0) is 14.8 Å². The second-order valence-electron chi connectivity index (χ2n) is 5.45. The fourth-order valence-corrected chi connectivity index (χ4v) is 4.25. The smallest absolute Gasteiger partial charge is 0.243 e. The SMILES string of the molecule is CC(=O)Nc1ccc(S(=O)(=O)N2CC[C@H](N)C[C@@H]2C)cc1. The number of nitrogens with one attached hydrogen (secondary N) is 1. The van der Waals surface area contributed by atoms with E-state index in [1.165, 1.54) is 23.4 Å². The molecule has 0 unspecified atom stereocenters. The van der Waals surface area contributed by atoms with Gasteiger partial charge in [-0.25, -0.2) is 8.42 Å². The van der Waals surface area contributed by atoms with Gasteiger partial charge in [0.05, 0.1) is 4.90 Å². The lowest BCUT2D eigenvalue weighted by molar-refractivity contribution is -0.114. The quantitative estimate of drug-likeness (QED) is 0.875. The van der Waals surface area contributed by atoms with Crippen LogP contribution in [0.5, 0.6) is 0 Å². The van der Waals surface area contributed by atoms with E-state index in [0.29, 0.717) is 25.1 Å². The average molecular weight is 311 g/mol. The number of nitrogens with two attached hydrogens (primary N) is 1. The molecule has 0 aliphatic carbocycles. The van der Waals surface area contributed by atoms with E-state index < -0.39 is 10.0 Å². The Balaban J connectivity index is 2.21. The molecule has 1 aromatic carbocycles. The first kappa shape index (κ1) is 15.9. The van der Waals surface area contributed by atoms with Gasteiger partial charge < -0.3 is 11.1 Å². The van der Waals surface area contributed by atoms with Crippen molar-refractivity contribution < 1.29 is 13.2 Å². The minimum Gasteiger partial charge on any atom is -0.328 e. The number of hydrogen-bond donors (Lipinski definition) is 2. The predicted octanol–water partition coefficient (Wildman–Crippen LogP) is 1.15. The molecule has 116 valence electrons. The van der Waals surface area contributed by atoms with Crippen molar-refractivity contribution in [1.82, 2.24) is 4.31 Å². The van der Waals surface area contributed by atoms with Gasteiger partial charge in [-0.05, 0) is 44.0 Å². The zero-order chi connectivity index (χ0) is 15.6. The molecule has 2 atom stereocenters.